The van der Waals surface area contributed by atoms with E-state index >= 15 is 0 Å². The molecular weight excluding hydrogens is 344 g/mol. The molecule has 7 heteroatoms. The lowest BCUT2D eigenvalue weighted by atomic mass is 9.86. The van der Waals surface area contributed by atoms with Crippen molar-refractivity contribution >= 4 is 27.5 Å². The van der Waals surface area contributed by atoms with Gasteiger partial charge in [0.05, 0.1) is 10.2 Å². The molecule has 0 aliphatic heterocycles. The number of amidine groups is 1. The van der Waals surface area contributed by atoms with E-state index in [0.29, 0.717) is 6.54 Å². The summed E-state index contributed by atoms with van der Waals surface area (Å²) in [5.41, 5.74) is 5.49. The van der Waals surface area contributed by atoms with Crippen LogP contribution in [-0.2, 0) is 0 Å². The minimum Gasteiger partial charge on any atom is -0.409 e. The number of oxime groups is 1. The fourth-order valence-corrected chi connectivity index (χ4v) is 2.18. The van der Waals surface area contributed by atoms with Crippen molar-refractivity contribution in [2.24, 2.45) is 16.3 Å². The number of anilines is 1. The summed E-state index contributed by atoms with van der Waals surface area (Å²) in [6, 6.07) is 2.22. The first kappa shape index (κ1) is 17.7. The maximum Gasteiger partial charge on any atom is 0.149 e. The molecule has 1 aromatic rings. The molecule has 0 aliphatic carbocycles. The summed E-state index contributed by atoms with van der Waals surface area (Å²) < 4.78 is 26.8. The van der Waals surface area contributed by atoms with Crippen LogP contribution in [0.5, 0.6) is 0 Å². The van der Waals surface area contributed by atoms with E-state index in [4.69, 9.17) is 10.9 Å². The van der Waals surface area contributed by atoms with Gasteiger partial charge >= 0.3 is 0 Å². The smallest absolute Gasteiger partial charge is 0.149 e. The highest BCUT2D eigenvalue weighted by molar-refractivity contribution is 9.10. The van der Waals surface area contributed by atoms with Crippen LogP contribution in [0.4, 0.5) is 14.5 Å². The first-order chi connectivity index (χ1) is 9.77. The number of rotatable bonds is 7. The molecule has 1 aromatic carbocycles. The normalized spacial score (nSPS) is 12.5. The van der Waals surface area contributed by atoms with Crippen LogP contribution < -0.4 is 11.1 Å². The molecule has 0 fully saturated rings. The summed E-state index contributed by atoms with van der Waals surface area (Å²) in [7, 11) is 0. The predicted octanol–water partition coefficient (Wildman–Crippen LogP) is 4.08. The van der Waals surface area contributed by atoms with E-state index in [1.807, 2.05) is 13.8 Å². The van der Waals surface area contributed by atoms with Crippen molar-refractivity contribution in [2.75, 3.05) is 11.9 Å². The molecule has 0 aromatic heterocycles. The molecule has 0 atom stereocenters. The zero-order valence-corrected chi connectivity index (χ0v) is 13.7. The van der Waals surface area contributed by atoms with Crippen LogP contribution in [0.3, 0.4) is 0 Å². The monoisotopic (exact) mass is 363 g/mol. The molecule has 0 saturated heterocycles. The molecule has 21 heavy (non-hydrogen) atoms. The van der Waals surface area contributed by atoms with Crippen LogP contribution >= 0.6 is 15.9 Å². The predicted molar refractivity (Wildman–Crippen MR) is 83.6 cm³/mol. The summed E-state index contributed by atoms with van der Waals surface area (Å²) in [5.74, 6) is -1.05. The van der Waals surface area contributed by atoms with E-state index in [9.17, 15) is 8.78 Å². The molecule has 1 rings (SSSR count). The van der Waals surface area contributed by atoms with E-state index in [-0.39, 0.29) is 21.4 Å². The van der Waals surface area contributed by atoms with Crippen LogP contribution in [0.25, 0.3) is 0 Å². The molecule has 0 spiro atoms. The third-order valence-corrected chi connectivity index (χ3v) is 3.96. The molecule has 0 radical (unpaired) electrons. The van der Waals surface area contributed by atoms with Crippen molar-refractivity contribution in [3.63, 3.8) is 0 Å². The Kier molecular flexibility index (Phi) is 6.39. The van der Waals surface area contributed by atoms with Crippen LogP contribution in [0.15, 0.2) is 21.8 Å². The minimum absolute atomic E-state index is 0.198. The second-order valence-corrected chi connectivity index (χ2v) is 6.35. The molecule has 0 aliphatic rings. The molecule has 4 nitrogen and oxygen atoms in total. The largest absolute Gasteiger partial charge is 0.409 e. The fourth-order valence-electron chi connectivity index (χ4n) is 1.84. The van der Waals surface area contributed by atoms with Gasteiger partial charge in [-0.2, -0.15) is 0 Å². The molecule has 0 amide bonds. The van der Waals surface area contributed by atoms with Crippen LogP contribution in [0.2, 0.25) is 0 Å². The van der Waals surface area contributed by atoms with Crippen molar-refractivity contribution in [1.29, 1.82) is 0 Å². The van der Waals surface area contributed by atoms with Crippen LogP contribution in [0, 0.1) is 17.0 Å². The van der Waals surface area contributed by atoms with Gasteiger partial charge < -0.3 is 16.3 Å². The van der Waals surface area contributed by atoms with E-state index in [2.05, 4.69) is 26.4 Å². The van der Waals surface area contributed by atoms with Crippen LogP contribution in [0.1, 0.15) is 33.1 Å². The molecule has 0 heterocycles. The molecule has 4 N–H and O–H groups in total. The molecule has 0 unspecified atom stereocenters. The Morgan fingerprint density at radius 3 is 2.62 bits per heavy atom. The Morgan fingerprint density at radius 1 is 1.33 bits per heavy atom. The molecule has 0 saturated carbocycles. The van der Waals surface area contributed by atoms with Gasteiger partial charge in [-0.15, -0.1) is 0 Å². The highest BCUT2D eigenvalue weighted by Gasteiger charge is 2.22. The Labute approximate surface area is 131 Å². The van der Waals surface area contributed by atoms with E-state index in [1.165, 1.54) is 6.07 Å². The topological polar surface area (TPSA) is 70.6 Å². The number of nitrogens with one attached hydrogen (secondary N) is 1. The Hall–Kier alpha value is -1.37. The average Bonchev–Trinajstić information content (AvgIpc) is 2.42. The van der Waals surface area contributed by atoms with Crippen molar-refractivity contribution in [3.8, 4) is 0 Å². The number of nitrogens with zero attached hydrogens (tertiary/aromatic N) is 1. The molecule has 0 bridgehead atoms. The molecule has 118 valence electrons. The highest BCUT2D eigenvalue weighted by atomic mass is 79.9. The molecular formula is C14H20BrF2N3O. The summed E-state index contributed by atoms with van der Waals surface area (Å²) in [6.07, 6.45) is 2.37. The van der Waals surface area contributed by atoms with Crippen molar-refractivity contribution in [3.05, 3.63) is 28.2 Å². The standard InChI is InChI=1S/C14H20BrF2N3O/c1-14(2,13(18)20-21)5-3-4-6-19-12-7-9(15)10(16)8-11(12)17/h7-8,19,21H,3-6H2,1-2H3,(H2,18,20). The van der Waals surface area contributed by atoms with Gasteiger partial charge in [-0.05, 0) is 34.8 Å². The third-order valence-electron chi connectivity index (χ3n) is 3.36. The van der Waals surface area contributed by atoms with E-state index in [0.717, 1.165) is 25.3 Å². The van der Waals surface area contributed by atoms with Gasteiger partial charge in [-0.3, -0.25) is 0 Å². The Bertz CT molecular complexity index is 521. The maximum absolute atomic E-state index is 13.5. The number of nitrogens with two attached hydrogens (primary N) is 1. The van der Waals surface area contributed by atoms with Crippen molar-refractivity contribution < 1.29 is 14.0 Å². The van der Waals surface area contributed by atoms with Gasteiger partial charge in [0.15, 0.2) is 0 Å². The SMILES string of the molecule is CC(C)(CCCCNc1cc(Br)c(F)cc1F)/C(N)=N/O. The highest BCUT2D eigenvalue weighted by Crippen LogP contribution is 2.25. The number of benzene rings is 1. The summed E-state index contributed by atoms with van der Waals surface area (Å²) in [5, 5.41) is 14.6. The lowest BCUT2D eigenvalue weighted by Gasteiger charge is -2.22. The van der Waals surface area contributed by atoms with E-state index in [1.54, 1.807) is 0 Å². The van der Waals surface area contributed by atoms with Gasteiger partial charge in [0.2, 0.25) is 0 Å². The quantitative estimate of drug-likeness (QED) is 0.171. The number of halogens is 3. The zero-order chi connectivity index (χ0) is 16.0. The maximum atomic E-state index is 13.5. The lowest BCUT2D eigenvalue weighted by molar-refractivity contribution is 0.304. The van der Waals surface area contributed by atoms with Crippen LogP contribution in [-0.4, -0.2) is 17.6 Å². The average molecular weight is 364 g/mol. The fraction of sp³-hybridized carbons (Fsp3) is 0.500. The number of unbranched alkanes of at least 4 members (excludes halogenated alkanes) is 1. The Balaban J connectivity index is 2.40. The first-order valence-electron chi connectivity index (χ1n) is 6.64. The third kappa shape index (κ3) is 5.15. The second kappa shape index (κ2) is 7.59. The summed E-state index contributed by atoms with van der Waals surface area (Å²) in [6.45, 7) is 4.35. The van der Waals surface area contributed by atoms with Gasteiger partial charge in [-0.25, -0.2) is 8.78 Å². The summed E-state index contributed by atoms with van der Waals surface area (Å²) in [4.78, 5) is 0. The van der Waals surface area contributed by atoms with Gasteiger partial charge in [-0.1, -0.05) is 25.4 Å². The van der Waals surface area contributed by atoms with Gasteiger partial charge in [0.25, 0.3) is 0 Å². The summed E-state index contributed by atoms with van der Waals surface area (Å²) >= 11 is 3.02. The number of hydrogen-bond acceptors (Lipinski definition) is 3. The minimum atomic E-state index is -0.626. The second-order valence-electron chi connectivity index (χ2n) is 5.50. The zero-order valence-electron chi connectivity index (χ0n) is 12.1. The van der Waals surface area contributed by atoms with E-state index < -0.39 is 11.6 Å². The first-order valence-corrected chi connectivity index (χ1v) is 7.43. The van der Waals surface area contributed by atoms with Crippen molar-refractivity contribution in [2.45, 2.75) is 33.1 Å². The lowest BCUT2D eigenvalue weighted by Crippen LogP contribution is -2.31. The van der Waals surface area contributed by atoms with Gasteiger partial charge in [0, 0.05) is 18.0 Å². The van der Waals surface area contributed by atoms with Crippen molar-refractivity contribution in [1.82, 2.24) is 0 Å². The Morgan fingerprint density at radius 2 is 2.00 bits per heavy atom. The number of hydrogen-bond donors (Lipinski definition) is 3. The van der Waals surface area contributed by atoms with Gasteiger partial charge in [0.1, 0.15) is 17.5 Å².